The third kappa shape index (κ3) is 1.66. The molecule has 0 radical (unpaired) electrons. The molecule has 17 heavy (non-hydrogen) atoms. The minimum atomic E-state index is -3.13. The standard InChI is InChI=1S/C12H14N2O2S/c1-17(15,16)12-11-8-4-2-3-5-9(8)14-10(11)6-7-13-12/h2-5,12-14H,6-7H2,1H3. The van der Waals surface area contributed by atoms with Crippen molar-refractivity contribution in [1.82, 2.24) is 10.3 Å². The molecule has 1 unspecified atom stereocenters. The summed E-state index contributed by atoms with van der Waals surface area (Å²) in [4.78, 5) is 3.31. The molecule has 2 heterocycles. The van der Waals surface area contributed by atoms with Gasteiger partial charge in [0.05, 0.1) is 0 Å². The summed E-state index contributed by atoms with van der Waals surface area (Å²) in [5.41, 5.74) is 2.95. The molecule has 2 aromatic rings. The third-order valence-electron chi connectivity index (χ3n) is 3.22. The normalized spacial score (nSPS) is 20.4. The van der Waals surface area contributed by atoms with Crippen molar-refractivity contribution in [2.45, 2.75) is 11.8 Å². The lowest BCUT2D eigenvalue weighted by Crippen LogP contribution is -2.34. The van der Waals surface area contributed by atoms with Crippen LogP contribution in [0, 0.1) is 0 Å². The van der Waals surface area contributed by atoms with Crippen molar-refractivity contribution in [3.8, 4) is 0 Å². The Balaban J connectivity index is 2.32. The third-order valence-corrected chi connectivity index (χ3v) is 4.48. The summed E-state index contributed by atoms with van der Waals surface area (Å²) >= 11 is 0. The molecular formula is C12H14N2O2S. The second-order valence-electron chi connectivity index (χ2n) is 4.48. The van der Waals surface area contributed by atoms with Gasteiger partial charge < -0.3 is 4.98 Å². The summed E-state index contributed by atoms with van der Waals surface area (Å²) in [7, 11) is -3.13. The van der Waals surface area contributed by atoms with Gasteiger partial charge in [-0.05, 0) is 6.07 Å². The molecule has 1 atom stereocenters. The molecule has 0 amide bonds. The van der Waals surface area contributed by atoms with Crippen LogP contribution in [0.1, 0.15) is 16.6 Å². The number of rotatable bonds is 1. The summed E-state index contributed by atoms with van der Waals surface area (Å²) in [5.74, 6) is 0. The predicted molar refractivity (Wildman–Crippen MR) is 67.6 cm³/mol. The van der Waals surface area contributed by atoms with Gasteiger partial charge in [0, 0.05) is 41.4 Å². The smallest absolute Gasteiger partial charge is 0.167 e. The van der Waals surface area contributed by atoms with E-state index in [2.05, 4.69) is 10.3 Å². The first-order valence-corrected chi connectivity index (χ1v) is 7.54. The summed E-state index contributed by atoms with van der Waals surface area (Å²) < 4.78 is 23.6. The van der Waals surface area contributed by atoms with Crippen LogP contribution in [0.2, 0.25) is 0 Å². The molecule has 1 aromatic heterocycles. The van der Waals surface area contributed by atoms with Crippen LogP contribution in [0.15, 0.2) is 24.3 Å². The maximum Gasteiger partial charge on any atom is 0.167 e. The van der Waals surface area contributed by atoms with Gasteiger partial charge in [0.2, 0.25) is 0 Å². The highest BCUT2D eigenvalue weighted by Gasteiger charge is 2.30. The number of aromatic amines is 1. The number of hydrogen-bond donors (Lipinski definition) is 2. The fourth-order valence-electron chi connectivity index (χ4n) is 2.51. The van der Waals surface area contributed by atoms with E-state index in [1.807, 2.05) is 24.3 Å². The monoisotopic (exact) mass is 250 g/mol. The molecule has 0 fully saturated rings. The van der Waals surface area contributed by atoms with Crippen LogP contribution in [0.4, 0.5) is 0 Å². The van der Waals surface area contributed by atoms with E-state index in [1.165, 1.54) is 6.26 Å². The van der Waals surface area contributed by atoms with Crippen molar-refractivity contribution in [1.29, 1.82) is 0 Å². The van der Waals surface area contributed by atoms with Crippen LogP contribution in [0.5, 0.6) is 0 Å². The Hall–Kier alpha value is -1.33. The molecule has 90 valence electrons. The number of hydrogen-bond acceptors (Lipinski definition) is 3. The summed E-state index contributed by atoms with van der Waals surface area (Å²) in [6.45, 7) is 0.692. The van der Waals surface area contributed by atoms with E-state index >= 15 is 0 Å². The topological polar surface area (TPSA) is 62.0 Å². The lowest BCUT2D eigenvalue weighted by molar-refractivity contribution is 0.547. The Labute approximate surface area is 100.0 Å². The Kier molecular flexibility index (Phi) is 2.27. The molecule has 1 aromatic carbocycles. The molecule has 3 rings (SSSR count). The number of aromatic nitrogens is 1. The van der Waals surface area contributed by atoms with Crippen molar-refractivity contribution in [3.05, 3.63) is 35.5 Å². The summed E-state index contributed by atoms with van der Waals surface area (Å²) in [6.07, 6.45) is 2.12. The number of fused-ring (bicyclic) bond motifs is 3. The van der Waals surface area contributed by atoms with E-state index in [9.17, 15) is 8.42 Å². The largest absolute Gasteiger partial charge is 0.358 e. The van der Waals surface area contributed by atoms with Crippen LogP contribution in [-0.2, 0) is 16.3 Å². The van der Waals surface area contributed by atoms with Crippen molar-refractivity contribution in [2.24, 2.45) is 0 Å². The Morgan fingerprint density at radius 3 is 2.82 bits per heavy atom. The van der Waals surface area contributed by atoms with Gasteiger partial charge in [0.25, 0.3) is 0 Å². The number of benzene rings is 1. The van der Waals surface area contributed by atoms with Gasteiger partial charge in [0.1, 0.15) is 5.37 Å². The highest BCUT2D eigenvalue weighted by molar-refractivity contribution is 7.90. The first-order valence-electron chi connectivity index (χ1n) is 5.59. The van der Waals surface area contributed by atoms with Crippen molar-refractivity contribution >= 4 is 20.7 Å². The van der Waals surface area contributed by atoms with Crippen LogP contribution in [0.25, 0.3) is 10.9 Å². The number of nitrogens with one attached hydrogen (secondary N) is 2. The summed E-state index contributed by atoms with van der Waals surface area (Å²) in [5, 5.41) is 3.51. The quantitative estimate of drug-likeness (QED) is 0.803. The SMILES string of the molecule is CS(=O)(=O)C1NCCc2[nH]c3ccccc3c21. The Morgan fingerprint density at radius 2 is 2.06 bits per heavy atom. The van der Waals surface area contributed by atoms with Gasteiger partial charge in [-0.25, -0.2) is 8.42 Å². The predicted octanol–water partition coefficient (Wildman–Crippen LogP) is 1.36. The second kappa shape index (κ2) is 3.58. The average molecular weight is 250 g/mol. The number of sulfone groups is 1. The molecule has 2 N–H and O–H groups in total. The number of H-pyrrole nitrogens is 1. The first-order chi connectivity index (χ1) is 8.07. The minimum Gasteiger partial charge on any atom is -0.358 e. The second-order valence-corrected chi connectivity index (χ2v) is 6.61. The molecule has 1 aliphatic heterocycles. The van der Waals surface area contributed by atoms with Gasteiger partial charge in [-0.1, -0.05) is 18.2 Å². The summed E-state index contributed by atoms with van der Waals surface area (Å²) in [6, 6.07) is 7.83. The minimum absolute atomic E-state index is 0.581. The molecular weight excluding hydrogens is 236 g/mol. The van der Waals surface area contributed by atoms with Gasteiger partial charge in [0.15, 0.2) is 9.84 Å². The van der Waals surface area contributed by atoms with Crippen LogP contribution in [0.3, 0.4) is 0 Å². The Morgan fingerprint density at radius 1 is 1.29 bits per heavy atom. The van der Waals surface area contributed by atoms with E-state index in [0.29, 0.717) is 6.54 Å². The molecule has 5 heteroatoms. The first kappa shape index (κ1) is 10.8. The van der Waals surface area contributed by atoms with E-state index < -0.39 is 15.2 Å². The van der Waals surface area contributed by atoms with E-state index in [1.54, 1.807) is 0 Å². The zero-order chi connectivity index (χ0) is 12.0. The van der Waals surface area contributed by atoms with Gasteiger partial charge in [-0.15, -0.1) is 0 Å². The van der Waals surface area contributed by atoms with E-state index in [4.69, 9.17) is 0 Å². The maximum atomic E-state index is 11.8. The van der Waals surface area contributed by atoms with Crippen LogP contribution < -0.4 is 5.32 Å². The zero-order valence-corrected chi connectivity index (χ0v) is 10.3. The average Bonchev–Trinajstić information content (AvgIpc) is 2.65. The highest BCUT2D eigenvalue weighted by Crippen LogP contribution is 2.33. The lowest BCUT2D eigenvalue weighted by Gasteiger charge is -2.23. The molecule has 0 aliphatic carbocycles. The van der Waals surface area contributed by atoms with Gasteiger partial charge >= 0.3 is 0 Å². The maximum absolute atomic E-state index is 11.8. The van der Waals surface area contributed by atoms with Gasteiger partial charge in [-0.2, -0.15) is 0 Å². The lowest BCUT2D eigenvalue weighted by atomic mass is 10.1. The fraction of sp³-hybridized carbons (Fsp3) is 0.333. The molecule has 0 saturated carbocycles. The molecule has 4 nitrogen and oxygen atoms in total. The Bertz CT molecular complexity index is 673. The number of para-hydroxylation sites is 1. The molecule has 1 aliphatic rings. The zero-order valence-electron chi connectivity index (χ0n) is 9.53. The van der Waals surface area contributed by atoms with Crippen LogP contribution in [-0.4, -0.2) is 26.2 Å². The highest BCUT2D eigenvalue weighted by atomic mass is 32.2. The van der Waals surface area contributed by atoms with E-state index in [-0.39, 0.29) is 0 Å². The van der Waals surface area contributed by atoms with Crippen LogP contribution >= 0.6 is 0 Å². The van der Waals surface area contributed by atoms with Crippen molar-refractivity contribution < 1.29 is 8.42 Å². The molecule has 0 saturated heterocycles. The molecule has 0 bridgehead atoms. The fourth-order valence-corrected chi connectivity index (χ4v) is 3.63. The van der Waals surface area contributed by atoms with Crippen molar-refractivity contribution in [2.75, 3.05) is 12.8 Å². The van der Waals surface area contributed by atoms with Crippen molar-refractivity contribution in [3.63, 3.8) is 0 Å². The molecule has 0 spiro atoms. The van der Waals surface area contributed by atoms with Gasteiger partial charge in [-0.3, -0.25) is 5.32 Å². The van der Waals surface area contributed by atoms with E-state index in [0.717, 1.165) is 28.6 Å².